The lowest BCUT2D eigenvalue weighted by Gasteiger charge is -2.42. The first kappa shape index (κ1) is 29.3. The molecule has 2 heterocycles. The van der Waals surface area contributed by atoms with Crippen LogP contribution in [0.1, 0.15) is 60.8 Å². The highest BCUT2D eigenvalue weighted by molar-refractivity contribution is 5.92. The standard InChI is InChI=1S/C26H43N3O8/c1-16(2)8-9-18-25(6,36-18)21-20(33-7)17(10-11-26(21)15-34-26)35-23(32)29-19(30)14-27-12-13-28-22(31)37-24(3,4)5/h8,17-18,20-21,27H,9-15H2,1-7H3,(H,28,31)(H,29,30,32). The van der Waals surface area contributed by atoms with Crippen LogP contribution >= 0.6 is 0 Å². The lowest BCUT2D eigenvalue weighted by molar-refractivity contribution is -0.125. The molecular weight excluding hydrogens is 482 g/mol. The van der Waals surface area contributed by atoms with E-state index in [1.165, 1.54) is 5.57 Å². The van der Waals surface area contributed by atoms with Crippen molar-refractivity contribution in [2.75, 3.05) is 33.4 Å². The molecular formula is C26H43N3O8. The van der Waals surface area contributed by atoms with E-state index in [4.69, 9.17) is 23.7 Å². The minimum absolute atomic E-state index is 0.0520. The van der Waals surface area contributed by atoms with Crippen LogP contribution in [0.15, 0.2) is 11.6 Å². The molecule has 0 radical (unpaired) electrons. The van der Waals surface area contributed by atoms with Gasteiger partial charge in [0.15, 0.2) is 0 Å². The lowest BCUT2D eigenvalue weighted by atomic mass is 9.68. The Morgan fingerprint density at radius 3 is 2.43 bits per heavy atom. The molecule has 3 N–H and O–H groups in total. The first-order valence-corrected chi connectivity index (χ1v) is 13.0. The molecule has 1 saturated carbocycles. The van der Waals surface area contributed by atoms with Crippen molar-refractivity contribution in [2.24, 2.45) is 5.92 Å². The number of alkyl carbamates (subject to hydrolysis) is 2. The molecule has 0 aromatic rings. The maximum absolute atomic E-state index is 12.5. The molecule has 3 fully saturated rings. The van der Waals surface area contributed by atoms with Gasteiger partial charge >= 0.3 is 12.2 Å². The Morgan fingerprint density at radius 2 is 1.84 bits per heavy atom. The number of rotatable bonds is 10. The summed E-state index contributed by atoms with van der Waals surface area (Å²) in [5, 5.41) is 7.69. The zero-order valence-corrected chi connectivity index (χ0v) is 23.1. The van der Waals surface area contributed by atoms with E-state index in [-0.39, 0.29) is 30.7 Å². The van der Waals surface area contributed by atoms with Crippen LogP contribution in [0.2, 0.25) is 0 Å². The normalized spacial score (nSPS) is 32.3. The number of carbonyl (C=O) groups is 3. The Labute approximate surface area is 219 Å². The Kier molecular flexibility index (Phi) is 9.26. The number of nitrogens with one attached hydrogen (secondary N) is 3. The second-order valence-electron chi connectivity index (χ2n) is 11.5. The number of carbonyl (C=O) groups excluding carboxylic acids is 3. The lowest BCUT2D eigenvalue weighted by Crippen LogP contribution is -2.56. The number of amides is 3. The third-order valence-electron chi connectivity index (χ3n) is 6.99. The molecule has 2 aliphatic heterocycles. The smallest absolute Gasteiger partial charge is 0.414 e. The van der Waals surface area contributed by atoms with Gasteiger partial charge in [-0.25, -0.2) is 9.59 Å². The summed E-state index contributed by atoms with van der Waals surface area (Å²) in [5.41, 5.74) is -0.104. The summed E-state index contributed by atoms with van der Waals surface area (Å²) < 4.78 is 28.7. The van der Waals surface area contributed by atoms with E-state index in [1.807, 2.05) is 0 Å². The van der Waals surface area contributed by atoms with Crippen molar-refractivity contribution in [1.82, 2.24) is 16.0 Å². The average Bonchev–Trinajstić information content (AvgIpc) is 3.69. The predicted molar refractivity (Wildman–Crippen MR) is 135 cm³/mol. The number of epoxide rings is 2. The van der Waals surface area contributed by atoms with Crippen LogP contribution in [0.25, 0.3) is 0 Å². The first-order chi connectivity index (χ1) is 17.3. The second-order valence-corrected chi connectivity index (χ2v) is 11.5. The summed E-state index contributed by atoms with van der Waals surface area (Å²) in [7, 11) is 1.60. The van der Waals surface area contributed by atoms with Crippen molar-refractivity contribution in [1.29, 1.82) is 0 Å². The summed E-state index contributed by atoms with van der Waals surface area (Å²) in [5.74, 6) is -0.633. The quantitative estimate of drug-likeness (QED) is 0.223. The Hall–Kier alpha value is -2.21. The fourth-order valence-corrected chi connectivity index (χ4v) is 5.16. The van der Waals surface area contributed by atoms with E-state index < -0.39 is 41.5 Å². The van der Waals surface area contributed by atoms with Crippen LogP contribution in [0, 0.1) is 5.92 Å². The van der Waals surface area contributed by atoms with Gasteiger partial charge in [0.2, 0.25) is 5.91 Å². The molecule has 2 saturated heterocycles. The highest BCUT2D eigenvalue weighted by Gasteiger charge is 2.72. The van der Waals surface area contributed by atoms with E-state index >= 15 is 0 Å². The minimum atomic E-state index is -0.819. The zero-order chi connectivity index (χ0) is 27.4. The molecule has 11 nitrogen and oxygen atoms in total. The van der Waals surface area contributed by atoms with Gasteiger partial charge in [0.25, 0.3) is 0 Å². The van der Waals surface area contributed by atoms with Gasteiger partial charge in [-0.15, -0.1) is 0 Å². The van der Waals surface area contributed by atoms with E-state index in [1.54, 1.807) is 27.9 Å². The van der Waals surface area contributed by atoms with Gasteiger partial charge in [0.1, 0.15) is 29.0 Å². The largest absolute Gasteiger partial charge is 0.444 e. The highest BCUT2D eigenvalue weighted by Crippen LogP contribution is 2.59. The number of hydrogen-bond donors (Lipinski definition) is 3. The van der Waals surface area contributed by atoms with Gasteiger partial charge in [-0.1, -0.05) is 11.6 Å². The van der Waals surface area contributed by atoms with E-state index in [2.05, 4.69) is 42.8 Å². The monoisotopic (exact) mass is 525 g/mol. The molecule has 3 aliphatic rings. The van der Waals surface area contributed by atoms with Crippen LogP contribution in [0.3, 0.4) is 0 Å². The van der Waals surface area contributed by atoms with E-state index in [0.717, 1.165) is 12.8 Å². The van der Waals surface area contributed by atoms with Gasteiger partial charge in [-0.2, -0.15) is 0 Å². The van der Waals surface area contributed by atoms with Crippen LogP contribution < -0.4 is 16.0 Å². The predicted octanol–water partition coefficient (Wildman–Crippen LogP) is 2.43. The molecule has 3 amide bonds. The van der Waals surface area contributed by atoms with Gasteiger partial charge in [-0.05, 0) is 60.8 Å². The fourth-order valence-electron chi connectivity index (χ4n) is 5.16. The van der Waals surface area contributed by atoms with E-state index in [0.29, 0.717) is 19.6 Å². The number of hydrogen-bond acceptors (Lipinski definition) is 9. The molecule has 0 aromatic carbocycles. The van der Waals surface area contributed by atoms with Gasteiger partial charge in [0.05, 0.1) is 25.2 Å². The summed E-state index contributed by atoms with van der Waals surface area (Å²) in [4.78, 5) is 36.3. The Balaban J connectivity index is 1.45. The molecule has 11 heteroatoms. The fraction of sp³-hybridized carbons (Fsp3) is 0.808. The molecule has 37 heavy (non-hydrogen) atoms. The maximum Gasteiger partial charge on any atom is 0.414 e. The van der Waals surface area contributed by atoms with Crippen molar-refractivity contribution in [3.05, 3.63) is 11.6 Å². The van der Waals surface area contributed by atoms with Crippen molar-refractivity contribution in [2.45, 2.75) is 95.9 Å². The molecule has 0 aromatic heterocycles. The molecule has 0 bridgehead atoms. The van der Waals surface area contributed by atoms with Crippen LogP contribution in [-0.4, -0.2) is 86.6 Å². The molecule has 210 valence electrons. The molecule has 1 spiro atoms. The molecule has 1 aliphatic carbocycles. The first-order valence-electron chi connectivity index (χ1n) is 13.0. The van der Waals surface area contributed by atoms with E-state index in [9.17, 15) is 14.4 Å². The SMILES string of the molecule is COC1C(OC(=O)NC(=O)CNCCNC(=O)OC(C)(C)C)CCC2(CO2)C1C1(C)OC1CC=C(C)C. The summed E-state index contributed by atoms with van der Waals surface area (Å²) in [6.07, 6.45) is 2.01. The van der Waals surface area contributed by atoms with Gasteiger partial charge < -0.3 is 34.3 Å². The van der Waals surface area contributed by atoms with Gasteiger partial charge in [0, 0.05) is 20.2 Å². The van der Waals surface area contributed by atoms with Crippen molar-refractivity contribution < 1.29 is 38.1 Å². The molecule has 3 rings (SSSR count). The Bertz CT molecular complexity index is 878. The average molecular weight is 526 g/mol. The number of methoxy groups -OCH3 is 1. The minimum Gasteiger partial charge on any atom is -0.444 e. The van der Waals surface area contributed by atoms with Crippen LogP contribution in [0.5, 0.6) is 0 Å². The summed E-state index contributed by atoms with van der Waals surface area (Å²) in [6.45, 7) is 12.6. The van der Waals surface area contributed by atoms with Crippen molar-refractivity contribution in [3.63, 3.8) is 0 Å². The number of allylic oxidation sites excluding steroid dienone is 1. The third-order valence-corrected chi connectivity index (χ3v) is 6.99. The van der Waals surface area contributed by atoms with Crippen molar-refractivity contribution in [3.8, 4) is 0 Å². The number of imide groups is 1. The highest BCUT2D eigenvalue weighted by atomic mass is 16.6. The van der Waals surface area contributed by atoms with Crippen LogP contribution in [-0.2, 0) is 28.5 Å². The zero-order valence-electron chi connectivity index (χ0n) is 23.1. The number of ether oxygens (including phenoxy) is 5. The van der Waals surface area contributed by atoms with Crippen molar-refractivity contribution >= 4 is 18.1 Å². The Morgan fingerprint density at radius 1 is 1.14 bits per heavy atom. The summed E-state index contributed by atoms with van der Waals surface area (Å²) in [6, 6.07) is 0. The summed E-state index contributed by atoms with van der Waals surface area (Å²) >= 11 is 0. The third kappa shape index (κ3) is 7.89. The molecule has 6 unspecified atom stereocenters. The molecule has 6 atom stereocenters. The maximum atomic E-state index is 12.5. The topological polar surface area (TPSA) is 140 Å². The second kappa shape index (κ2) is 11.7. The van der Waals surface area contributed by atoms with Gasteiger partial charge in [-0.3, -0.25) is 10.1 Å². The van der Waals surface area contributed by atoms with Crippen LogP contribution in [0.4, 0.5) is 9.59 Å².